The smallest absolute Gasteiger partial charge is 0.259 e. The number of amides is 1. The molecule has 0 aliphatic heterocycles. The van der Waals surface area contributed by atoms with Crippen molar-refractivity contribution >= 4 is 5.91 Å². The minimum Gasteiger partial charge on any atom is -0.360 e. The number of carbonyl (C=O) groups is 1. The van der Waals surface area contributed by atoms with Crippen molar-refractivity contribution in [3.63, 3.8) is 0 Å². The van der Waals surface area contributed by atoms with Gasteiger partial charge in [-0.25, -0.2) is 0 Å². The molecular formula is C21H29N3O2. The summed E-state index contributed by atoms with van der Waals surface area (Å²) in [4.78, 5) is 17.2. The Balaban J connectivity index is 1.66. The van der Waals surface area contributed by atoms with E-state index in [0.29, 0.717) is 29.6 Å². The molecule has 1 saturated carbocycles. The van der Waals surface area contributed by atoms with Gasteiger partial charge in [0.25, 0.3) is 5.91 Å². The summed E-state index contributed by atoms with van der Waals surface area (Å²) in [7, 11) is 4.03. The van der Waals surface area contributed by atoms with E-state index < -0.39 is 0 Å². The summed E-state index contributed by atoms with van der Waals surface area (Å²) >= 11 is 0. The van der Waals surface area contributed by atoms with Gasteiger partial charge in [-0.05, 0) is 26.8 Å². The minimum absolute atomic E-state index is 0.0281. The second-order valence-corrected chi connectivity index (χ2v) is 7.33. The third-order valence-corrected chi connectivity index (χ3v) is 5.46. The average Bonchev–Trinajstić information content (AvgIpc) is 3.08. The molecule has 0 N–H and O–H groups in total. The van der Waals surface area contributed by atoms with Crippen LogP contribution in [0.3, 0.4) is 0 Å². The van der Waals surface area contributed by atoms with E-state index in [1.807, 2.05) is 37.4 Å². The molecule has 0 bridgehead atoms. The van der Waals surface area contributed by atoms with E-state index in [0.717, 1.165) is 12.1 Å². The summed E-state index contributed by atoms with van der Waals surface area (Å²) in [5.74, 6) is 0.543. The van der Waals surface area contributed by atoms with Crippen LogP contribution in [0.15, 0.2) is 34.9 Å². The zero-order chi connectivity index (χ0) is 18.5. The fourth-order valence-electron chi connectivity index (χ4n) is 3.72. The number of likely N-dealkylation sites (N-methyl/N-ethyl adjacent to an activating group) is 2. The van der Waals surface area contributed by atoms with E-state index in [2.05, 4.69) is 17.1 Å². The molecule has 26 heavy (non-hydrogen) atoms. The van der Waals surface area contributed by atoms with E-state index in [1.54, 1.807) is 11.8 Å². The number of aryl methyl sites for hydroxylation is 1. The molecule has 0 unspecified atom stereocenters. The summed E-state index contributed by atoms with van der Waals surface area (Å²) in [5, 5.41) is 4.13. The number of aromatic nitrogens is 1. The molecule has 1 aliphatic carbocycles. The van der Waals surface area contributed by atoms with Gasteiger partial charge in [0.2, 0.25) is 0 Å². The highest BCUT2D eigenvalue weighted by molar-refractivity contribution is 6.00. The first kappa shape index (κ1) is 18.6. The molecular weight excluding hydrogens is 326 g/mol. The Bertz CT molecular complexity index is 720. The lowest BCUT2D eigenvalue weighted by molar-refractivity contribution is 0.0766. The number of carbonyl (C=O) groups excluding carboxylic acids is 1. The van der Waals surface area contributed by atoms with Crippen LogP contribution in [0.5, 0.6) is 0 Å². The van der Waals surface area contributed by atoms with E-state index >= 15 is 0 Å². The van der Waals surface area contributed by atoms with Crippen molar-refractivity contribution in [2.24, 2.45) is 0 Å². The van der Waals surface area contributed by atoms with Gasteiger partial charge < -0.3 is 14.3 Å². The second kappa shape index (κ2) is 8.49. The predicted molar refractivity (Wildman–Crippen MR) is 103 cm³/mol. The molecule has 2 aromatic rings. The summed E-state index contributed by atoms with van der Waals surface area (Å²) in [6, 6.07) is 10.4. The molecule has 1 amide bonds. The quantitative estimate of drug-likeness (QED) is 0.786. The van der Waals surface area contributed by atoms with Gasteiger partial charge in [0.1, 0.15) is 17.0 Å². The molecule has 3 rings (SSSR count). The zero-order valence-electron chi connectivity index (χ0n) is 16.1. The third-order valence-electron chi connectivity index (χ3n) is 5.46. The van der Waals surface area contributed by atoms with Crippen LogP contribution in [-0.2, 0) is 0 Å². The molecule has 1 fully saturated rings. The van der Waals surface area contributed by atoms with Gasteiger partial charge in [-0.2, -0.15) is 0 Å². The highest BCUT2D eigenvalue weighted by Gasteiger charge is 2.25. The second-order valence-electron chi connectivity index (χ2n) is 7.33. The summed E-state index contributed by atoms with van der Waals surface area (Å²) < 4.78 is 5.33. The van der Waals surface area contributed by atoms with Crippen LogP contribution in [0, 0.1) is 6.92 Å². The van der Waals surface area contributed by atoms with Crippen LogP contribution in [0.1, 0.15) is 48.2 Å². The first-order valence-corrected chi connectivity index (χ1v) is 9.55. The van der Waals surface area contributed by atoms with Crippen molar-refractivity contribution in [1.29, 1.82) is 0 Å². The van der Waals surface area contributed by atoms with Gasteiger partial charge in [0.05, 0.1) is 0 Å². The largest absolute Gasteiger partial charge is 0.360 e. The first-order chi connectivity index (χ1) is 12.6. The lowest BCUT2D eigenvalue weighted by Crippen LogP contribution is -2.40. The van der Waals surface area contributed by atoms with Crippen LogP contribution < -0.4 is 0 Å². The Kier molecular flexibility index (Phi) is 6.09. The van der Waals surface area contributed by atoms with Crippen molar-refractivity contribution in [2.45, 2.75) is 45.1 Å². The Labute approximate surface area is 156 Å². The summed E-state index contributed by atoms with van der Waals surface area (Å²) in [6.07, 6.45) is 6.56. The molecule has 140 valence electrons. The van der Waals surface area contributed by atoms with Gasteiger partial charge in [-0.15, -0.1) is 0 Å². The molecule has 1 aromatic heterocycles. The van der Waals surface area contributed by atoms with Crippen molar-refractivity contribution < 1.29 is 9.32 Å². The monoisotopic (exact) mass is 355 g/mol. The van der Waals surface area contributed by atoms with Gasteiger partial charge in [0.15, 0.2) is 0 Å². The molecule has 0 spiro atoms. The zero-order valence-corrected chi connectivity index (χ0v) is 16.1. The molecule has 1 aliphatic rings. The number of nitrogens with zero attached hydrogens (tertiary/aromatic N) is 3. The van der Waals surface area contributed by atoms with E-state index in [-0.39, 0.29) is 5.91 Å². The Morgan fingerprint density at radius 2 is 1.81 bits per heavy atom. The standard InChI is InChI=1S/C21H29N3O2/c1-16-19(20(22-26-16)17-10-6-4-7-11-17)21(25)24(3)15-14-23(2)18-12-8-5-9-13-18/h4,6-7,10-11,18H,5,8-9,12-15H2,1-3H3. The molecule has 0 atom stereocenters. The maximum atomic E-state index is 13.0. The van der Waals surface area contributed by atoms with Crippen molar-refractivity contribution in [3.05, 3.63) is 41.7 Å². The van der Waals surface area contributed by atoms with Crippen LogP contribution in [-0.4, -0.2) is 54.1 Å². The highest BCUT2D eigenvalue weighted by Crippen LogP contribution is 2.26. The highest BCUT2D eigenvalue weighted by atomic mass is 16.5. The fraction of sp³-hybridized carbons (Fsp3) is 0.524. The van der Waals surface area contributed by atoms with Crippen LogP contribution in [0.4, 0.5) is 0 Å². The van der Waals surface area contributed by atoms with Crippen LogP contribution >= 0.6 is 0 Å². The third kappa shape index (κ3) is 4.15. The topological polar surface area (TPSA) is 49.6 Å². The Hall–Kier alpha value is -2.14. The average molecular weight is 355 g/mol. The molecule has 1 heterocycles. The van der Waals surface area contributed by atoms with Gasteiger partial charge in [0, 0.05) is 31.7 Å². The summed E-state index contributed by atoms with van der Waals surface area (Å²) in [6.45, 7) is 3.39. The number of hydrogen-bond acceptors (Lipinski definition) is 4. The fourth-order valence-corrected chi connectivity index (χ4v) is 3.72. The molecule has 0 saturated heterocycles. The van der Waals surface area contributed by atoms with Crippen LogP contribution in [0.25, 0.3) is 11.3 Å². The SMILES string of the molecule is Cc1onc(-c2ccccc2)c1C(=O)N(C)CCN(C)C1CCCCC1. The van der Waals surface area contributed by atoms with E-state index in [1.165, 1.54) is 32.1 Å². The van der Waals surface area contributed by atoms with Crippen molar-refractivity contribution in [3.8, 4) is 11.3 Å². The molecule has 0 radical (unpaired) electrons. The lowest BCUT2D eigenvalue weighted by atomic mass is 9.94. The number of benzene rings is 1. The van der Waals surface area contributed by atoms with Gasteiger partial charge >= 0.3 is 0 Å². The Morgan fingerprint density at radius 1 is 1.12 bits per heavy atom. The number of rotatable bonds is 6. The first-order valence-electron chi connectivity index (χ1n) is 9.55. The number of hydrogen-bond donors (Lipinski definition) is 0. The Morgan fingerprint density at radius 3 is 2.50 bits per heavy atom. The predicted octanol–water partition coefficient (Wildman–Crippen LogP) is 3.99. The maximum Gasteiger partial charge on any atom is 0.259 e. The van der Waals surface area contributed by atoms with Crippen LogP contribution in [0.2, 0.25) is 0 Å². The van der Waals surface area contributed by atoms with Gasteiger partial charge in [-0.3, -0.25) is 4.79 Å². The minimum atomic E-state index is -0.0281. The summed E-state index contributed by atoms with van der Waals surface area (Å²) in [5.41, 5.74) is 2.10. The van der Waals surface area contributed by atoms with E-state index in [4.69, 9.17) is 4.52 Å². The van der Waals surface area contributed by atoms with Crippen molar-refractivity contribution in [2.75, 3.05) is 27.2 Å². The van der Waals surface area contributed by atoms with E-state index in [9.17, 15) is 4.79 Å². The molecule has 5 heteroatoms. The maximum absolute atomic E-state index is 13.0. The molecule has 5 nitrogen and oxygen atoms in total. The molecule has 1 aromatic carbocycles. The lowest BCUT2D eigenvalue weighted by Gasteiger charge is -2.32. The van der Waals surface area contributed by atoms with Gasteiger partial charge in [-0.1, -0.05) is 54.8 Å². The van der Waals surface area contributed by atoms with Crippen molar-refractivity contribution in [1.82, 2.24) is 15.0 Å². The normalized spacial score (nSPS) is 15.4.